The zero-order valence-electron chi connectivity index (χ0n) is 14.2. The molecule has 0 fully saturated rings. The Kier molecular flexibility index (Phi) is 5.68. The molecule has 122 valence electrons. The van der Waals surface area contributed by atoms with Gasteiger partial charge in [-0.1, -0.05) is 19.1 Å². The topological polar surface area (TPSA) is 66.9 Å². The number of anilines is 1. The van der Waals surface area contributed by atoms with Crippen LogP contribution in [0.3, 0.4) is 0 Å². The Hall–Kier alpha value is -2.43. The molecule has 0 bridgehead atoms. The molecule has 1 aromatic heterocycles. The number of nitrogens with one attached hydrogen (secondary N) is 2. The first kappa shape index (κ1) is 16.9. The van der Waals surface area contributed by atoms with Crippen molar-refractivity contribution in [2.24, 2.45) is 0 Å². The third kappa shape index (κ3) is 4.77. The monoisotopic (exact) mass is 312 g/mol. The molecule has 5 nitrogen and oxygen atoms in total. The van der Waals surface area contributed by atoms with Crippen LogP contribution in [-0.4, -0.2) is 21.9 Å². The molecule has 1 amide bonds. The van der Waals surface area contributed by atoms with Crippen molar-refractivity contribution in [3.8, 4) is 0 Å². The molecule has 0 saturated carbocycles. The summed E-state index contributed by atoms with van der Waals surface area (Å²) in [4.78, 5) is 20.8. The second kappa shape index (κ2) is 7.72. The van der Waals surface area contributed by atoms with Crippen LogP contribution in [-0.2, 0) is 6.54 Å². The number of hydrogen-bond acceptors (Lipinski definition) is 4. The minimum Gasteiger partial charge on any atom is -0.350 e. The number of carbonyl (C=O) groups is 1. The van der Waals surface area contributed by atoms with Gasteiger partial charge in [-0.15, -0.1) is 0 Å². The Balaban J connectivity index is 2.02. The number of aryl methyl sites for hydroxylation is 2. The van der Waals surface area contributed by atoms with Crippen molar-refractivity contribution >= 4 is 11.9 Å². The first-order valence-electron chi connectivity index (χ1n) is 7.93. The average Bonchev–Trinajstić information content (AvgIpc) is 2.56. The summed E-state index contributed by atoms with van der Waals surface area (Å²) in [6.07, 6.45) is 2.72. The Morgan fingerprint density at radius 2 is 2.09 bits per heavy atom. The number of amides is 1. The SMILES string of the molecule is CCC(C)NC(=O)c1cccc(CNc2ncc(C)c(C)n2)c1. The molecule has 1 heterocycles. The Labute approximate surface area is 137 Å². The number of aromatic nitrogens is 2. The van der Waals surface area contributed by atoms with Gasteiger partial charge in [-0.25, -0.2) is 9.97 Å². The summed E-state index contributed by atoms with van der Waals surface area (Å²) in [5, 5.41) is 6.17. The van der Waals surface area contributed by atoms with Gasteiger partial charge >= 0.3 is 0 Å². The van der Waals surface area contributed by atoms with Gasteiger partial charge in [-0.3, -0.25) is 4.79 Å². The van der Waals surface area contributed by atoms with Crippen LogP contribution in [0, 0.1) is 13.8 Å². The van der Waals surface area contributed by atoms with E-state index in [0.29, 0.717) is 18.1 Å². The summed E-state index contributed by atoms with van der Waals surface area (Å²) in [5.41, 5.74) is 3.72. The van der Waals surface area contributed by atoms with Gasteiger partial charge < -0.3 is 10.6 Å². The molecule has 1 unspecified atom stereocenters. The van der Waals surface area contributed by atoms with E-state index in [1.165, 1.54) is 0 Å². The average molecular weight is 312 g/mol. The maximum Gasteiger partial charge on any atom is 0.251 e. The normalized spacial score (nSPS) is 11.8. The van der Waals surface area contributed by atoms with Crippen LogP contribution in [0.25, 0.3) is 0 Å². The van der Waals surface area contributed by atoms with Crippen molar-refractivity contribution < 1.29 is 4.79 Å². The maximum atomic E-state index is 12.2. The Morgan fingerprint density at radius 3 is 2.78 bits per heavy atom. The van der Waals surface area contributed by atoms with E-state index in [1.807, 2.05) is 45.0 Å². The highest BCUT2D eigenvalue weighted by Crippen LogP contribution is 2.10. The standard InChI is InChI=1S/C18H24N4O/c1-5-13(3)21-17(23)16-8-6-7-15(9-16)11-20-18-19-10-12(2)14(4)22-18/h6-10,13H,5,11H2,1-4H3,(H,21,23)(H,19,20,22). The molecule has 0 radical (unpaired) electrons. The van der Waals surface area contributed by atoms with Crippen LogP contribution in [0.5, 0.6) is 0 Å². The van der Waals surface area contributed by atoms with Crippen LogP contribution in [0.1, 0.15) is 47.4 Å². The lowest BCUT2D eigenvalue weighted by molar-refractivity contribution is 0.0939. The zero-order valence-corrected chi connectivity index (χ0v) is 14.2. The molecule has 1 atom stereocenters. The maximum absolute atomic E-state index is 12.2. The number of carbonyl (C=O) groups excluding carboxylic acids is 1. The minimum absolute atomic E-state index is 0.0383. The quantitative estimate of drug-likeness (QED) is 0.859. The van der Waals surface area contributed by atoms with Crippen molar-refractivity contribution in [2.75, 3.05) is 5.32 Å². The van der Waals surface area contributed by atoms with Gasteiger partial charge in [-0.2, -0.15) is 0 Å². The molecular weight excluding hydrogens is 288 g/mol. The van der Waals surface area contributed by atoms with Crippen molar-refractivity contribution in [1.82, 2.24) is 15.3 Å². The van der Waals surface area contributed by atoms with E-state index >= 15 is 0 Å². The fraction of sp³-hybridized carbons (Fsp3) is 0.389. The van der Waals surface area contributed by atoms with Crippen LogP contribution in [0.2, 0.25) is 0 Å². The fourth-order valence-electron chi connectivity index (χ4n) is 2.03. The lowest BCUT2D eigenvalue weighted by Crippen LogP contribution is -2.31. The van der Waals surface area contributed by atoms with E-state index in [0.717, 1.165) is 23.2 Å². The van der Waals surface area contributed by atoms with Gasteiger partial charge in [0.15, 0.2) is 0 Å². The van der Waals surface area contributed by atoms with Gasteiger partial charge in [0, 0.05) is 30.0 Å². The van der Waals surface area contributed by atoms with E-state index in [-0.39, 0.29) is 11.9 Å². The summed E-state index contributed by atoms with van der Waals surface area (Å²) in [6, 6.07) is 7.77. The van der Waals surface area contributed by atoms with Crippen LogP contribution in [0.15, 0.2) is 30.5 Å². The molecule has 2 aromatic rings. The largest absolute Gasteiger partial charge is 0.350 e. The van der Waals surface area contributed by atoms with E-state index < -0.39 is 0 Å². The molecule has 0 aliphatic heterocycles. The fourth-order valence-corrected chi connectivity index (χ4v) is 2.03. The van der Waals surface area contributed by atoms with E-state index in [2.05, 4.69) is 27.5 Å². The second-order valence-corrected chi connectivity index (χ2v) is 5.80. The summed E-state index contributed by atoms with van der Waals surface area (Å²) < 4.78 is 0. The predicted octanol–water partition coefficient (Wildman–Crippen LogP) is 3.23. The van der Waals surface area contributed by atoms with Crippen LogP contribution < -0.4 is 10.6 Å². The van der Waals surface area contributed by atoms with Gasteiger partial charge in [0.1, 0.15) is 0 Å². The van der Waals surface area contributed by atoms with Crippen LogP contribution >= 0.6 is 0 Å². The van der Waals surface area contributed by atoms with E-state index in [4.69, 9.17) is 0 Å². The minimum atomic E-state index is -0.0383. The lowest BCUT2D eigenvalue weighted by Gasteiger charge is -2.12. The van der Waals surface area contributed by atoms with Gasteiger partial charge in [-0.05, 0) is 50.5 Å². The summed E-state index contributed by atoms with van der Waals surface area (Å²) >= 11 is 0. The van der Waals surface area contributed by atoms with Crippen molar-refractivity contribution in [1.29, 1.82) is 0 Å². The van der Waals surface area contributed by atoms with Gasteiger partial charge in [0.2, 0.25) is 5.95 Å². The molecule has 0 aliphatic rings. The molecule has 2 N–H and O–H groups in total. The van der Waals surface area contributed by atoms with E-state index in [9.17, 15) is 4.79 Å². The molecule has 1 aromatic carbocycles. The van der Waals surface area contributed by atoms with E-state index in [1.54, 1.807) is 6.20 Å². The smallest absolute Gasteiger partial charge is 0.251 e. The molecule has 2 rings (SSSR count). The Bertz CT molecular complexity index is 684. The number of rotatable bonds is 6. The van der Waals surface area contributed by atoms with Crippen molar-refractivity contribution in [3.63, 3.8) is 0 Å². The summed E-state index contributed by atoms with van der Waals surface area (Å²) in [7, 11) is 0. The van der Waals surface area contributed by atoms with Gasteiger partial charge in [0.05, 0.1) is 0 Å². The number of nitrogens with zero attached hydrogens (tertiary/aromatic N) is 2. The molecule has 5 heteroatoms. The van der Waals surface area contributed by atoms with Crippen LogP contribution in [0.4, 0.5) is 5.95 Å². The number of benzene rings is 1. The highest BCUT2D eigenvalue weighted by atomic mass is 16.1. The first-order chi connectivity index (χ1) is 11.0. The zero-order chi connectivity index (χ0) is 16.8. The van der Waals surface area contributed by atoms with Gasteiger partial charge in [0.25, 0.3) is 5.91 Å². The Morgan fingerprint density at radius 1 is 1.30 bits per heavy atom. The number of hydrogen-bond donors (Lipinski definition) is 2. The summed E-state index contributed by atoms with van der Waals surface area (Å²) in [6.45, 7) is 8.57. The second-order valence-electron chi connectivity index (χ2n) is 5.80. The molecule has 23 heavy (non-hydrogen) atoms. The molecule has 0 aliphatic carbocycles. The molecule has 0 saturated heterocycles. The predicted molar refractivity (Wildman–Crippen MR) is 92.5 cm³/mol. The molecular formula is C18H24N4O. The third-order valence-corrected chi connectivity index (χ3v) is 3.85. The van der Waals surface area contributed by atoms with Crippen molar-refractivity contribution in [3.05, 3.63) is 52.8 Å². The lowest BCUT2D eigenvalue weighted by atomic mass is 10.1. The summed E-state index contributed by atoms with van der Waals surface area (Å²) in [5.74, 6) is 0.561. The molecule has 0 spiro atoms. The highest BCUT2D eigenvalue weighted by molar-refractivity contribution is 5.94. The first-order valence-corrected chi connectivity index (χ1v) is 7.93. The van der Waals surface area contributed by atoms with Crippen molar-refractivity contribution in [2.45, 2.75) is 46.7 Å². The highest BCUT2D eigenvalue weighted by Gasteiger charge is 2.09. The third-order valence-electron chi connectivity index (χ3n) is 3.85.